The first kappa shape index (κ1) is 17.9. The normalized spacial score (nSPS) is 10.2. The highest BCUT2D eigenvalue weighted by molar-refractivity contribution is 5.73. The third kappa shape index (κ3) is 8.96. The van der Waals surface area contributed by atoms with Gasteiger partial charge in [-0.05, 0) is 12.0 Å². The molecule has 7 heteroatoms. The van der Waals surface area contributed by atoms with Crippen LogP contribution in [0.15, 0.2) is 30.3 Å². The van der Waals surface area contributed by atoms with Crippen LogP contribution < -0.4 is 0 Å². The number of aliphatic carboxylic acids is 1. The summed E-state index contributed by atoms with van der Waals surface area (Å²) >= 11 is 0. The molecule has 20 heavy (non-hydrogen) atoms. The minimum atomic E-state index is -5.08. The molecule has 1 aromatic carbocycles. The van der Waals surface area contributed by atoms with Gasteiger partial charge in [0.15, 0.2) is 0 Å². The van der Waals surface area contributed by atoms with Crippen molar-refractivity contribution >= 4 is 11.9 Å². The van der Waals surface area contributed by atoms with Gasteiger partial charge in [0.2, 0.25) is 0 Å². The summed E-state index contributed by atoms with van der Waals surface area (Å²) in [6.45, 7) is 2.35. The molecule has 0 aliphatic rings. The lowest BCUT2D eigenvalue weighted by molar-refractivity contribution is -0.192. The van der Waals surface area contributed by atoms with E-state index in [4.69, 9.17) is 14.6 Å². The number of carbonyl (C=O) groups is 2. The van der Waals surface area contributed by atoms with Gasteiger partial charge in [0, 0.05) is 6.42 Å². The number of carbonyl (C=O) groups excluding carboxylic acids is 1. The highest BCUT2D eigenvalue weighted by atomic mass is 19.4. The second-order valence-electron chi connectivity index (χ2n) is 3.70. The number of benzene rings is 1. The molecule has 0 amide bonds. The van der Waals surface area contributed by atoms with Crippen LogP contribution in [-0.2, 0) is 20.9 Å². The zero-order valence-corrected chi connectivity index (χ0v) is 10.8. The van der Waals surface area contributed by atoms with Gasteiger partial charge in [-0.25, -0.2) is 4.79 Å². The van der Waals surface area contributed by atoms with Crippen molar-refractivity contribution in [3.05, 3.63) is 35.9 Å². The highest BCUT2D eigenvalue weighted by Gasteiger charge is 2.38. The van der Waals surface area contributed by atoms with Crippen LogP contribution in [0.2, 0.25) is 0 Å². The van der Waals surface area contributed by atoms with Crippen LogP contribution in [0.3, 0.4) is 0 Å². The number of hydrogen-bond acceptors (Lipinski definition) is 3. The SMILES string of the molecule is CCCC(=O)OCc1ccccc1.O=C(O)C(F)(F)F. The Kier molecular flexibility index (Phi) is 8.03. The average Bonchev–Trinajstić information content (AvgIpc) is 2.37. The number of hydrogen-bond donors (Lipinski definition) is 1. The minimum Gasteiger partial charge on any atom is -0.475 e. The number of alkyl halides is 3. The second-order valence-corrected chi connectivity index (χ2v) is 3.70. The summed E-state index contributed by atoms with van der Waals surface area (Å²) in [5.41, 5.74) is 1.03. The molecular formula is C13H15F3O4. The van der Waals surface area contributed by atoms with Gasteiger partial charge in [-0.15, -0.1) is 0 Å². The van der Waals surface area contributed by atoms with Gasteiger partial charge in [0.25, 0.3) is 0 Å². The summed E-state index contributed by atoms with van der Waals surface area (Å²) in [4.78, 5) is 19.9. The maximum absolute atomic E-state index is 11.0. The molecular weight excluding hydrogens is 277 g/mol. The molecule has 0 saturated carbocycles. The number of rotatable bonds is 4. The van der Waals surface area contributed by atoms with Crippen LogP contribution in [0, 0.1) is 0 Å². The fourth-order valence-corrected chi connectivity index (χ4v) is 1.01. The molecule has 1 aromatic rings. The van der Waals surface area contributed by atoms with Crippen molar-refractivity contribution in [1.82, 2.24) is 0 Å². The van der Waals surface area contributed by atoms with Crippen LogP contribution >= 0.6 is 0 Å². The quantitative estimate of drug-likeness (QED) is 0.866. The number of carboxylic acids is 1. The van der Waals surface area contributed by atoms with Crippen LogP contribution in [-0.4, -0.2) is 23.2 Å². The summed E-state index contributed by atoms with van der Waals surface area (Å²) in [5, 5.41) is 7.12. The van der Waals surface area contributed by atoms with Gasteiger partial charge >= 0.3 is 18.1 Å². The van der Waals surface area contributed by atoms with Crippen molar-refractivity contribution in [3.8, 4) is 0 Å². The van der Waals surface area contributed by atoms with E-state index in [-0.39, 0.29) is 5.97 Å². The smallest absolute Gasteiger partial charge is 0.475 e. The molecule has 0 atom stereocenters. The molecule has 0 aliphatic heterocycles. The molecule has 0 saturated heterocycles. The second kappa shape index (κ2) is 8.95. The Balaban J connectivity index is 0.000000441. The average molecular weight is 292 g/mol. The summed E-state index contributed by atoms with van der Waals surface area (Å²) < 4.78 is 36.8. The predicted molar refractivity (Wildman–Crippen MR) is 64.8 cm³/mol. The summed E-state index contributed by atoms with van der Waals surface area (Å²) in [5.74, 6) is -2.88. The molecule has 112 valence electrons. The minimum absolute atomic E-state index is 0.119. The first-order valence-corrected chi connectivity index (χ1v) is 5.77. The maximum Gasteiger partial charge on any atom is 0.490 e. The Bertz CT molecular complexity index is 415. The molecule has 0 heterocycles. The van der Waals surface area contributed by atoms with E-state index in [1.807, 2.05) is 37.3 Å². The Morgan fingerprint density at radius 2 is 1.70 bits per heavy atom. The summed E-state index contributed by atoms with van der Waals surface area (Å²) in [6.07, 6.45) is -3.74. The van der Waals surface area contributed by atoms with Gasteiger partial charge in [0.05, 0.1) is 0 Å². The maximum atomic E-state index is 11.0. The van der Waals surface area contributed by atoms with E-state index < -0.39 is 12.1 Å². The molecule has 0 unspecified atom stereocenters. The van der Waals surface area contributed by atoms with Crippen molar-refractivity contribution in [1.29, 1.82) is 0 Å². The Hall–Kier alpha value is -2.05. The van der Waals surface area contributed by atoms with Crippen LogP contribution in [0.25, 0.3) is 0 Å². The zero-order valence-electron chi connectivity index (χ0n) is 10.8. The van der Waals surface area contributed by atoms with E-state index in [1.165, 1.54) is 0 Å². The molecule has 0 aromatic heterocycles. The lowest BCUT2D eigenvalue weighted by atomic mass is 10.2. The van der Waals surface area contributed by atoms with Crippen molar-refractivity contribution < 1.29 is 32.6 Å². The van der Waals surface area contributed by atoms with Gasteiger partial charge in [-0.1, -0.05) is 37.3 Å². The topological polar surface area (TPSA) is 63.6 Å². The first-order chi connectivity index (χ1) is 9.27. The molecule has 1 N–H and O–H groups in total. The van der Waals surface area contributed by atoms with E-state index in [2.05, 4.69) is 0 Å². The number of halogens is 3. The van der Waals surface area contributed by atoms with Crippen molar-refractivity contribution in [2.24, 2.45) is 0 Å². The molecule has 1 rings (SSSR count). The first-order valence-electron chi connectivity index (χ1n) is 5.77. The van der Waals surface area contributed by atoms with Gasteiger partial charge in [0.1, 0.15) is 6.61 Å². The van der Waals surface area contributed by atoms with Crippen LogP contribution in [0.5, 0.6) is 0 Å². The molecule has 0 aliphatic carbocycles. The van der Waals surface area contributed by atoms with E-state index in [1.54, 1.807) is 0 Å². The lowest BCUT2D eigenvalue weighted by Gasteiger charge is -2.02. The Labute approximate surface area is 114 Å². The largest absolute Gasteiger partial charge is 0.490 e. The van der Waals surface area contributed by atoms with E-state index in [9.17, 15) is 18.0 Å². The van der Waals surface area contributed by atoms with Gasteiger partial charge in [-0.3, -0.25) is 4.79 Å². The van der Waals surface area contributed by atoms with E-state index in [0.29, 0.717) is 13.0 Å². The van der Waals surface area contributed by atoms with Crippen molar-refractivity contribution in [3.63, 3.8) is 0 Å². The number of carboxylic acid groups (broad SMARTS) is 1. The standard InChI is InChI=1S/C11H14O2.C2HF3O2/c1-2-6-11(12)13-9-10-7-4-3-5-8-10;3-2(4,5)1(6)7/h3-5,7-8H,2,6,9H2,1H3;(H,6,7). The Morgan fingerprint density at radius 1 is 1.20 bits per heavy atom. The number of ether oxygens (including phenoxy) is 1. The fourth-order valence-electron chi connectivity index (χ4n) is 1.01. The van der Waals surface area contributed by atoms with Crippen LogP contribution in [0.4, 0.5) is 13.2 Å². The van der Waals surface area contributed by atoms with Crippen molar-refractivity contribution in [2.45, 2.75) is 32.5 Å². The summed E-state index contributed by atoms with van der Waals surface area (Å²) in [7, 11) is 0. The molecule has 4 nitrogen and oxygen atoms in total. The lowest BCUT2D eigenvalue weighted by Crippen LogP contribution is -2.21. The summed E-state index contributed by atoms with van der Waals surface area (Å²) in [6, 6.07) is 9.70. The van der Waals surface area contributed by atoms with Crippen molar-refractivity contribution in [2.75, 3.05) is 0 Å². The van der Waals surface area contributed by atoms with Crippen LogP contribution in [0.1, 0.15) is 25.3 Å². The predicted octanol–water partition coefficient (Wildman–Crippen LogP) is 3.16. The van der Waals surface area contributed by atoms with E-state index in [0.717, 1.165) is 12.0 Å². The molecule has 0 bridgehead atoms. The molecule has 0 spiro atoms. The van der Waals surface area contributed by atoms with Gasteiger partial charge in [-0.2, -0.15) is 13.2 Å². The fraction of sp³-hybridized carbons (Fsp3) is 0.385. The van der Waals surface area contributed by atoms with E-state index >= 15 is 0 Å². The zero-order chi connectivity index (χ0) is 15.6. The Morgan fingerprint density at radius 3 is 2.10 bits per heavy atom. The van der Waals surface area contributed by atoms with Gasteiger partial charge < -0.3 is 9.84 Å². The number of esters is 1. The third-order valence-electron chi connectivity index (χ3n) is 1.94. The molecule has 0 fully saturated rings. The monoisotopic (exact) mass is 292 g/mol. The third-order valence-corrected chi connectivity index (χ3v) is 1.94. The highest BCUT2D eigenvalue weighted by Crippen LogP contribution is 2.13. The molecule has 0 radical (unpaired) electrons.